The number of para-hydroxylation sites is 1. The quantitative estimate of drug-likeness (QED) is 0.349. The molecule has 0 radical (unpaired) electrons. The lowest BCUT2D eigenvalue weighted by atomic mass is 10.2. The second-order valence-corrected chi connectivity index (χ2v) is 8.26. The van der Waals surface area contributed by atoms with Gasteiger partial charge in [-0.25, -0.2) is 0 Å². The number of hydrogen-bond donors (Lipinski definition) is 2. The van der Waals surface area contributed by atoms with Crippen LogP contribution in [0.5, 0.6) is 17.2 Å². The fourth-order valence-electron chi connectivity index (χ4n) is 2.76. The third kappa shape index (κ3) is 5.36. The third-order valence-corrected chi connectivity index (χ3v) is 5.70. The Hall–Kier alpha value is -3.04. The molecule has 1 aliphatic heterocycles. The predicted octanol–water partition coefficient (Wildman–Crippen LogP) is 4.13. The van der Waals surface area contributed by atoms with E-state index in [1.165, 1.54) is 12.1 Å². The average Bonchev–Trinajstić information content (AvgIpc) is 3.02. The highest BCUT2D eigenvalue weighted by Gasteiger charge is 2.34. The fraction of sp³-hybridized carbons (Fsp3) is 0.227. The molecule has 3 rings (SSSR count). The average molecular weight is 459 g/mol. The summed E-state index contributed by atoms with van der Waals surface area (Å²) in [6.45, 7) is 2.69. The van der Waals surface area contributed by atoms with Gasteiger partial charge in [0.15, 0.2) is 15.8 Å². The van der Waals surface area contributed by atoms with Crippen molar-refractivity contribution in [2.45, 2.75) is 19.8 Å². The molecular formula is C22H22N2O5S2. The third-order valence-electron chi connectivity index (χ3n) is 4.40. The maximum absolute atomic E-state index is 12.8. The summed E-state index contributed by atoms with van der Waals surface area (Å²) in [7, 11) is 1.56. The van der Waals surface area contributed by atoms with Crippen LogP contribution in [0.25, 0.3) is 6.08 Å². The molecule has 0 saturated carbocycles. The zero-order valence-corrected chi connectivity index (χ0v) is 18.7. The van der Waals surface area contributed by atoms with E-state index in [2.05, 4.69) is 12.3 Å². The summed E-state index contributed by atoms with van der Waals surface area (Å²) in [5.74, 6) is -0.0787. The van der Waals surface area contributed by atoms with Crippen LogP contribution in [-0.4, -0.2) is 40.0 Å². The van der Waals surface area contributed by atoms with Crippen molar-refractivity contribution in [1.29, 1.82) is 0 Å². The van der Waals surface area contributed by atoms with Gasteiger partial charge in [-0.1, -0.05) is 43.3 Å². The zero-order valence-electron chi connectivity index (χ0n) is 17.1. The van der Waals surface area contributed by atoms with Crippen molar-refractivity contribution in [2.75, 3.05) is 13.7 Å². The molecule has 1 heterocycles. The van der Waals surface area contributed by atoms with E-state index in [4.69, 9.17) is 21.7 Å². The summed E-state index contributed by atoms with van der Waals surface area (Å²) in [5, 5.41) is 10.8. The lowest BCUT2D eigenvalue weighted by molar-refractivity contribution is -0.123. The first-order chi connectivity index (χ1) is 14.9. The van der Waals surface area contributed by atoms with Gasteiger partial charge < -0.3 is 14.6 Å². The molecule has 9 heteroatoms. The Labute approximate surface area is 190 Å². The maximum Gasteiger partial charge on any atom is 0.285 e. The summed E-state index contributed by atoms with van der Waals surface area (Å²) >= 11 is 6.32. The number of methoxy groups -OCH3 is 1. The van der Waals surface area contributed by atoms with Gasteiger partial charge in [-0.05, 0) is 54.5 Å². The minimum Gasteiger partial charge on any atom is -0.507 e. The number of carbonyl (C=O) groups is 2. The topological polar surface area (TPSA) is 88.1 Å². The molecule has 7 nitrogen and oxygen atoms in total. The maximum atomic E-state index is 12.8. The Balaban J connectivity index is 1.75. The number of nitrogens with one attached hydrogen (secondary N) is 1. The Kier molecular flexibility index (Phi) is 7.54. The minimum absolute atomic E-state index is 0.0453. The summed E-state index contributed by atoms with van der Waals surface area (Å²) in [6.07, 6.45) is 3.65. The van der Waals surface area contributed by atoms with E-state index in [9.17, 15) is 14.7 Å². The highest BCUT2D eigenvalue weighted by Crippen LogP contribution is 2.34. The fourth-order valence-corrected chi connectivity index (χ4v) is 3.94. The van der Waals surface area contributed by atoms with E-state index >= 15 is 0 Å². The van der Waals surface area contributed by atoms with Crippen LogP contribution in [0.1, 0.15) is 35.7 Å². The van der Waals surface area contributed by atoms with Crippen molar-refractivity contribution in [1.82, 2.24) is 10.4 Å². The van der Waals surface area contributed by atoms with E-state index in [0.717, 1.165) is 35.2 Å². The number of amides is 2. The molecule has 0 aliphatic carbocycles. The minimum atomic E-state index is -0.633. The smallest absolute Gasteiger partial charge is 0.285 e. The number of phenols is 1. The number of nitrogens with zero attached hydrogens (tertiary/aromatic N) is 1. The molecule has 31 heavy (non-hydrogen) atoms. The van der Waals surface area contributed by atoms with E-state index < -0.39 is 11.8 Å². The predicted molar refractivity (Wildman–Crippen MR) is 124 cm³/mol. The van der Waals surface area contributed by atoms with Crippen molar-refractivity contribution in [3.63, 3.8) is 0 Å². The monoisotopic (exact) mass is 458 g/mol. The van der Waals surface area contributed by atoms with Gasteiger partial charge in [0.25, 0.3) is 11.8 Å². The van der Waals surface area contributed by atoms with Gasteiger partial charge in [-0.15, -0.1) is 0 Å². The number of benzene rings is 2. The Bertz CT molecular complexity index is 1040. The Morgan fingerprint density at radius 3 is 2.74 bits per heavy atom. The molecule has 0 unspecified atom stereocenters. The number of hydrazine groups is 1. The number of unbranched alkanes of at least 4 members (excludes halogenated alkanes) is 1. The van der Waals surface area contributed by atoms with Crippen LogP contribution in [-0.2, 0) is 4.79 Å². The summed E-state index contributed by atoms with van der Waals surface area (Å²) < 4.78 is 11.3. The molecule has 0 bridgehead atoms. The van der Waals surface area contributed by atoms with Gasteiger partial charge in [0, 0.05) is 0 Å². The van der Waals surface area contributed by atoms with Crippen LogP contribution in [0.3, 0.4) is 0 Å². The van der Waals surface area contributed by atoms with Crippen LogP contribution in [0.4, 0.5) is 0 Å². The molecule has 162 valence electrons. The molecule has 2 aromatic carbocycles. The first-order valence-corrected chi connectivity index (χ1v) is 10.8. The normalized spacial score (nSPS) is 14.8. The van der Waals surface area contributed by atoms with E-state index in [1.807, 2.05) is 6.07 Å². The number of thioether (sulfide) groups is 1. The molecular weight excluding hydrogens is 436 g/mol. The van der Waals surface area contributed by atoms with Crippen LogP contribution >= 0.6 is 24.0 Å². The van der Waals surface area contributed by atoms with E-state index in [0.29, 0.717) is 23.0 Å². The summed E-state index contributed by atoms with van der Waals surface area (Å²) in [4.78, 5) is 25.6. The standard InChI is InChI=1S/C22H22N2O5S2/c1-3-4-11-29-17-10-9-14(12-18(17)28-2)13-19-21(27)24(22(30)31-19)23-20(26)15-7-5-6-8-16(15)25/h5-10,12-13,25H,3-4,11H2,1-2H3,(H,23,26)/b19-13-. The van der Waals surface area contributed by atoms with E-state index in [1.54, 1.807) is 37.5 Å². The molecule has 2 N–H and O–H groups in total. The molecule has 1 aliphatic rings. The van der Waals surface area contributed by atoms with E-state index in [-0.39, 0.29) is 15.6 Å². The molecule has 2 aromatic rings. The number of phenolic OH excluding ortho intramolecular Hbond substituents is 1. The van der Waals surface area contributed by atoms with Crippen molar-refractivity contribution in [2.24, 2.45) is 0 Å². The Morgan fingerprint density at radius 2 is 2.03 bits per heavy atom. The van der Waals surface area contributed by atoms with Crippen LogP contribution in [0.15, 0.2) is 47.4 Å². The number of aromatic hydroxyl groups is 1. The second-order valence-electron chi connectivity index (χ2n) is 6.59. The molecule has 0 spiro atoms. The molecule has 1 fully saturated rings. The second kappa shape index (κ2) is 10.3. The number of ether oxygens (including phenoxy) is 2. The SMILES string of the molecule is CCCCOc1ccc(/C=C2\SC(=S)N(NC(=O)c3ccccc3O)C2=O)cc1OC. The molecule has 1 saturated heterocycles. The zero-order chi connectivity index (χ0) is 22.4. The number of carbonyl (C=O) groups excluding carboxylic acids is 2. The highest BCUT2D eigenvalue weighted by molar-refractivity contribution is 8.26. The summed E-state index contributed by atoms with van der Waals surface area (Å²) in [6, 6.07) is 11.4. The molecule has 2 amide bonds. The van der Waals surface area contributed by atoms with Crippen LogP contribution in [0, 0.1) is 0 Å². The van der Waals surface area contributed by atoms with Crippen molar-refractivity contribution in [3.8, 4) is 17.2 Å². The highest BCUT2D eigenvalue weighted by atomic mass is 32.2. The van der Waals surface area contributed by atoms with Gasteiger partial charge in [0.05, 0.1) is 24.2 Å². The first kappa shape index (κ1) is 22.6. The van der Waals surface area contributed by atoms with Crippen molar-refractivity contribution >= 4 is 46.2 Å². The van der Waals surface area contributed by atoms with Crippen molar-refractivity contribution in [3.05, 3.63) is 58.5 Å². The number of thiocarbonyl (C=S) groups is 1. The molecule has 0 aromatic heterocycles. The lowest BCUT2D eigenvalue weighted by Crippen LogP contribution is -2.44. The number of rotatable bonds is 8. The van der Waals surface area contributed by atoms with Gasteiger partial charge in [-0.3, -0.25) is 15.0 Å². The van der Waals surface area contributed by atoms with Gasteiger partial charge >= 0.3 is 0 Å². The van der Waals surface area contributed by atoms with Gasteiger partial charge in [-0.2, -0.15) is 5.01 Å². The first-order valence-electron chi connectivity index (χ1n) is 9.62. The lowest BCUT2D eigenvalue weighted by Gasteiger charge is -2.16. The van der Waals surface area contributed by atoms with Gasteiger partial charge in [0.1, 0.15) is 5.75 Å². The molecule has 0 atom stereocenters. The Morgan fingerprint density at radius 1 is 1.26 bits per heavy atom. The van der Waals surface area contributed by atoms with Gasteiger partial charge in [0.2, 0.25) is 0 Å². The van der Waals surface area contributed by atoms with Crippen molar-refractivity contribution < 1.29 is 24.2 Å². The number of hydrogen-bond acceptors (Lipinski definition) is 7. The van der Waals surface area contributed by atoms with Crippen LogP contribution in [0.2, 0.25) is 0 Å². The van der Waals surface area contributed by atoms with Crippen LogP contribution < -0.4 is 14.9 Å². The summed E-state index contributed by atoms with van der Waals surface area (Å²) in [5.41, 5.74) is 3.22. The largest absolute Gasteiger partial charge is 0.507 e.